The van der Waals surface area contributed by atoms with Gasteiger partial charge in [0.25, 0.3) is 0 Å². The second kappa shape index (κ2) is 3.77. The summed E-state index contributed by atoms with van der Waals surface area (Å²) < 4.78 is 4.70. The predicted octanol–water partition coefficient (Wildman–Crippen LogP) is 2.19. The fourth-order valence-corrected chi connectivity index (χ4v) is 2.79. The average Bonchev–Trinajstić information content (AvgIpc) is 2.71. The van der Waals surface area contributed by atoms with Crippen molar-refractivity contribution in [2.24, 2.45) is 11.8 Å². The highest BCUT2D eigenvalue weighted by Crippen LogP contribution is 2.39. The van der Waals surface area contributed by atoms with Gasteiger partial charge >= 0.3 is 11.9 Å². The third-order valence-corrected chi connectivity index (χ3v) is 3.61. The molecule has 0 aromatic carbocycles. The minimum Gasteiger partial charge on any atom is -0.392 e. The minimum absolute atomic E-state index is 0.121. The molecule has 1 aromatic heterocycles. The summed E-state index contributed by atoms with van der Waals surface area (Å²) in [5.74, 6) is -1.38. The molecule has 1 aromatic rings. The third-order valence-electron chi connectivity index (χ3n) is 2.65. The summed E-state index contributed by atoms with van der Waals surface area (Å²) in [6.45, 7) is 3.87. The molecule has 0 spiro atoms. The van der Waals surface area contributed by atoms with Crippen LogP contribution in [-0.4, -0.2) is 11.9 Å². The Morgan fingerprint density at radius 1 is 1.33 bits per heavy atom. The van der Waals surface area contributed by atoms with Gasteiger partial charge in [-0.2, -0.15) is 0 Å². The summed E-state index contributed by atoms with van der Waals surface area (Å²) in [6, 6.07) is 3.76. The van der Waals surface area contributed by atoms with Gasteiger partial charge < -0.3 is 4.74 Å². The largest absolute Gasteiger partial charge is 0.392 e. The summed E-state index contributed by atoms with van der Waals surface area (Å²) in [5, 5.41) is 1.91. The Kier molecular flexibility index (Phi) is 2.61. The maximum absolute atomic E-state index is 11.6. The standard InChI is InChI=1S/C11H12O3S/c1-6(2)8-9(7-4-3-5-15-7)11(13)14-10(8)12/h3-6,8-9H,1-2H3. The molecule has 0 bridgehead atoms. The van der Waals surface area contributed by atoms with Crippen LogP contribution in [0, 0.1) is 11.8 Å². The Bertz CT molecular complexity index is 381. The number of esters is 2. The van der Waals surface area contributed by atoms with Crippen LogP contribution in [0.5, 0.6) is 0 Å². The van der Waals surface area contributed by atoms with Crippen molar-refractivity contribution < 1.29 is 14.3 Å². The number of carbonyl (C=O) groups excluding carboxylic acids is 2. The molecule has 0 radical (unpaired) electrons. The average molecular weight is 224 g/mol. The van der Waals surface area contributed by atoms with Crippen LogP contribution >= 0.6 is 11.3 Å². The zero-order valence-corrected chi connectivity index (χ0v) is 9.41. The molecule has 80 valence electrons. The van der Waals surface area contributed by atoms with Gasteiger partial charge in [-0.3, -0.25) is 9.59 Å². The van der Waals surface area contributed by atoms with E-state index in [1.807, 2.05) is 31.4 Å². The molecule has 4 heteroatoms. The van der Waals surface area contributed by atoms with Gasteiger partial charge in [-0.15, -0.1) is 11.3 Å². The number of carbonyl (C=O) groups is 2. The van der Waals surface area contributed by atoms with Crippen LogP contribution < -0.4 is 0 Å². The van der Waals surface area contributed by atoms with Gasteiger partial charge in [0, 0.05) is 4.88 Å². The van der Waals surface area contributed by atoms with E-state index in [-0.39, 0.29) is 17.8 Å². The fourth-order valence-electron chi connectivity index (χ4n) is 1.93. The molecule has 0 amide bonds. The molecule has 2 atom stereocenters. The van der Waals surface area contributed by atoms with E-state index in [4.69, 9.17) is 4.74 Å². The van der Waals surface area contributed by atoms with Crippen molar-refractivity contribution in [1.82, 2.24) is 0 Å². The molecule has 0 aliphatic carbocycles. The number of hydrogen-bond donors (Lipinski definition) is 0. The monoisotopic (exact) mass is 224 g/mol. The van der Waals surface area contributed by atoms with Crippen LogP contribution in [0.25, 0.3) is 0 Å². The summed E-state index contributed by atoms with van der Waals surface area (Å²) in [6.07, 6.45) is 0. The maximum Gasteiger partial charge on any atom is 0.322 e. The molecule has 1 saturated heterocycles. The SMILES string of the molecule is CC(C)C1C(=O)OC(=O)C1c1cccs1. The van der Waals surface area contributed by atoms with Gasteiger partial charge in [0.15, 0.2) is 0 Å². The smallest absolute Gasteiger partial charge is 0.322 e. The van der Waals surface area contributed by atoms with Gasteiger partial charge in [0.05, 0.1) is 5.92 Å². The van der Waals surface area contributed by atoms with Crippen LogP contribution in [0.2, 0.25) is 0 Å². The van der Waals surface area contributed by atoms with Gasteiger partial charge in [-0.25, -0.2) is 0 Å². The molecule has 2 unspecified atom stereocenters. The van der Waals surface area contributed by atoms with Crippen LogP contribution in [0.1, 0.15) is 24.6 Å². The molecular formula is C11H12O3S. The van der Waals surface area contributed by atoms with Gasteiger partial charge in [0.1, 0.15) is 5.92 Å². The fraction of sp³-hybridized carbons (Fsp3) is 0.455. The first-order chi connectivity index (χ1) is 7.11. The van der Waals surface area contributed by atoms with Crippen LogP contribution in [0.4, 0.5) is 0 Å². The Labute approximate surface area is 92.1 Å². The molecule has 2 heterocycles. The number of cyclic esters (lactones) is 2. The second-order valence-corrected chi connectivity index (χ2v) is 4.98. The Morgan fingerprint density at radius 2 is 2.07 bits per heavy atom. The zero-order chi connectivity index (χ0) is 11.0. The summed E-state index contributed by atoms with van der Waals surface area (Å²) in [5.41, 5.74) is 0. The topological polar surface area (TPSA) is 43.4 Å². The summed E-state index contributed by atoms with van der Waals surface area (Å²) in [7, 11) is 0. The first-order valence-electron chi connectivity index (χ1n) is 4.90. The molecule has 0 N–H and O–H groups in total. The molecule has 1 aliphatic rings. The molecule has 1 aliphatic heterocycles. The van der Waals surface area contributed by atoms with E-state index in [0.717, 1.165) is 4.88 Å². The van der Waals surface area contributed by atoms with Gasteiger partial charge in [0.2, 0.25) is 0 Å². The summed E-state index contributed by atoms with van der Waals surface area (Å²) in [4.78, 5) is 24.0. The van der Waals surface area contributed by atoms with Crippen LogP contribution in [0.15, 0.2) is 17.5 Å². The van der Waals surface area contributed by atoms with E-state index >= 15 is 0 Å². The Hall–Kier alpha value is -1.16. The number of ether oxygens (including phenoxy) is 1. The van der Waals surface area contributed by atoms with E-state index < -0.39 is 11.9 Å². The van der Waals surface area contributed by atoms with Crippen molar-refractivity contribution in [2.45, 2.75) is 19.8 Å². The predicted molar refractivity (Wildman–Crippen MR) is 56.5 cm³/mol. The molecule has 0 saturated carbocycles. The molecule has 1 fully saturated rings. The highest BCUT2D eigenvalue weighted by molar-refractivity contribution is 7.10. The first-order valence-corrected chi connectivity index (χ1v) is 5.78. The van der Waals surface area contributed by atoms with E-state index in [0.29, 0.717) is 0 Å². The molecule has 15 heavy (non-hydrogen) atoms. The van der Waals surface area contributed by atoms with Crippen LogP contribution in [-0.2, 0) is 14.3 Å². The van der Waals surface area contributed by atoms with Crippen molar-refractivity contribution in [2.75, 3.05) is 0 Å². The lowest BCUT2D eigenvalue weighted by Crippen LogP contribution is -2.20. The first kappa shape index (κ1) is 10.4. The second-order valence-electron chi connectivity index (χ2n) is 4.00. The highest BCUT2D eigenvalue weighted by atomic mass is 32.1. The molecular weight excluding hydrogens is 212 g/mol. The van der Waals surface area contributed by atoms with Crippen molar-refractivity contribution >= 4 is 23.3 Å². The molecule has 3 nitrogen and oxygen atoms in total. The summed E-state index contributed by atoms with van der Waals surface area (Å²) >= 11 is 1.49. The Balaban J connectivity index is 2.36. The minimum atomic E-state index is -0.402. The van der Waals surface area contributed by atoms with E-state index in [9.17, 15) is 9.59 Å². The molecule has 2 rings (SSSR count). The van der Waals surface area contributed by atoms with Gasteiger partial charge in [-0.05, 0) is 17.4 Å². The van der Waals surface area contributed by atoms with Crippen molar-refractivity contribution in [3.05, 3.63) is 22.4 Å². The van der Waals surface area contributed by atoms with Crippen LogP contribution in [0.3, 0.4) is 0 Å². The van der Waals surface area contributed by atoms with E-state index in [1.54, 1.807) is 0 Å². The third kappa shape index (κ3) is 1.69. The lowest BCUT2D eigenvalue weighted by Gasteiger charge is -2.15. The van der Waals surface area contributed by atoms with E-state index in [1.165, 1.54) is 11.3 Å². The normalized spacial score (nSPS) is 26.1. The maximum atomic E-state index is 11.6. The highest BCUT2D eigenvalue weighted by Gasteiger charge is 2.47. The van der Waals surface area contributed by atoms with E-state index in [2.05, 4.69) is 0 Å². The quantitative estimate of drug-likeness (QED) is 0.571. The lowest BCUT2D eigenvalue weighted by molar-refractivity contribution is -0.153. The van der Waals surface area contributed by atoms with Crippen molar-refractivity contribution in [3.63, 3.8) is 0 Å². The number of hydrogen-bond acceptors (Lipinski definition) is 4. The zero-order valence-electron chi connectivity index (χ0n) is 8.60. The lowest BCUT2D eigenvalue weighted by atomic mass is 9.84. The van der Waals surface area contributed by atoms with Gasteiger partial charge in [-0.1, -0.05) is 19.9 Å². The number of rotatable bonds is 2. The van der Waals surface area contributed by atoms with Crippen molar-refractivity contribution in [1.29, 1.82) is 0 Å². The number of thiophene rings is 1. The Morgan fingerprint density at radius 3 is 2.60 bits per heavy atom. The van der Waals surface area contributed by atoms with Crippen molar-refractivity contribution in [3.8, 4) is 0 Å².